The molecule has 0 bridgehead atoms. The molecule has 21 heavy (non-hydrogen) atoms. The topological polar surface area (TPSA) is 89.6 Å². The van der Waals surface area contributed by atoms with Crippen molar-refractivity contribution in [2.24, 2.45) is 5.73 Å². The smallest absolute Gasteiger partial charge is 0.313 e. The van der Waals surface area contributed by atoms with E-state index in [0.717, 1.165) is 5.56 Å². The lowest BCUT2D eigenvalue weighted by atomic mass is 9.91. The third kappa shape index (κ3) is 6.40. The summed E-state index contributed by atoms with van der Waals surface area (Å²) in [5, 5.41) is 8.80. The van der Waals surface area contributed by atoms with Crippen LogP contribution in [0.4, 0.5) is 0 Å². The second-order valence-electron chi connectivity index (χ2n) is 6.09. The molecule has 0 heterocycles. The predicted octanol–water partition coefficient (Wildman–Crippen LogP) is 2.30. The number of aliphatic carboxylic acids is 1. The molecule has 1 aromatic carbocycles. The van der Waals surface area contributed by atoms with E-state index in [0.29, 0.717) is 0 Å². The van der Waals surface area contributed by atoms with Crippen LogP contribution in [0.5, 0.6) is 0 Å². The number of benzene rings is 1. The third-order valence-electron chi connectivity index (χ3n) is 2.87. The van der Waals surface area contributed by atoms with Crippen molar-refractivity contribution in [2.75, 3.05) is 0 Å². The van der Waals surface area contributed by atoms with Crippen molar-refractivity contribution >= 4 is 11.9 Å². The summed E-state index contributed by atoms with van der Waals surface area (Å²) in [5.74, 6) is -1.91. The number of esters is 1. The Morgan fingerprint density at radius 1 is 1.24 bits per heavy atom. The normalized spacial score (nSPS) is 14.3. The van der Waals surface area contributed by atoms with E-state index in [9.17, 15) is 9.59 Å². The summed E-state index contributed by atoms with van der Waals surface area (Å²) in [5.41, 5.74) is 6.01. The fourth-order valence-corrected chi connectivity index (χ4v) is 2.04. The van der Waals surface area contributed by atoms with Crippen molar-refractivity contribution < 1.29 is 19.4 Å². The van der Waals surface area contributed by atoms with Gasteiger partial charge in [-0.15, -0.1) is 0 Å². The summed E-state index contributed by atoms with van der Waals surface area (Å²) >= 11 is 0. The molecule has 0 amide bonds. The maximum absolute atomic E-state index is 12.4. The van der Waals surface area contributed by atoms with Gasteiger partial charge >= 0.3 is 11.9 Å². The Morgan fingerprint density at radius 3 is 2.29 bits per heavy atom. The first-order valence-corrected chi connectivity index (χ1v) is 6.94. The van der Waals surface area contributed by atoms with E-state index in [2.05, 4.69) is 0 Å². The minimum absolute atomic E-state index is 0.174. The second kappa shape index (κ2) is 7.22. The molecular weight excluding hydrogens is 270 g/mol. The molecule has 1 rings (SSSR count). The van der Waals surface area contributed by atoms with Gasteiger partial charge in [-0.05, 0) is 32.8 Å². The van der Waals surface area contributed by atoms with Gasteiger partial charge in [-0.1, -0.05) is 30.3 Å². The van der Waals surface area contributed by atoms with Crippen molar-refractivity contribution in [3.63, 3.8) is 0 Å². The summed E-state index contributed by atoms with van der Waals surface area (Å²) in [6.07, 6.45) is 0.0668. The molecule has 5 heteroatoms. The molecule has 0 aliphatic carbocycles. The van der Waals surface area contributed by atoms with Gasteiger partial charge < -0.3 is 15.6 Å². The molecule has 0 saturated carbocycles. The number of hydrogen-bond donors (Lipinski definition) is 2. The Morgan fingerprint density at radius 2 is 1.81 bits per heavy atom. The summed E-state index contributed by atoms with van der Waals surface area (Å²) in [7, 11) is 0. The molecule has 0 aromatic heterocycles. The predicted molar refractivity (Wildman–Crippen MR) is 79.9 cm³/mol. The van der Waals surface area contributed by atoms with Gasteiger partial charge in [-0.2, -0.15) is 0 Å². The van der Waals surface area contributed by atoms with Crippen LogP contribution >= 0.6 is 0 Å². The molecule has 0 radical (unpaired) electrons. The van der Waals surface area contributed by atoms with Gasteiger partial charge in [0.05, 0.1) is 12.3 Å². The zero-order valence-electron chi connectivity index (χ0n) is 12.7. The molecule has 116 valence electrons. The minimum Gasteiger partial charge on any atom is -0.481 e. The van der Waals surface area contributed by atoms with Gasteiger partial charge in [0.25, 0.3) is 0 Å². The number of carboxylic acid groups (broad SMARTS) is 1. The van der Waals surface area contributed by atoms with Crippen LogP contribution in [0, 0.1) is 0 Å². The monoisotopic (exact) mass is 293 g/mol. The Hall–Kier alpha value is -1.88. The van der Waals surface area contributed by atoms with Crippen LogP contribution in [0.2, 0.25) is 0 Å². The first-order valence-electron chi connectivity index (χ1n) is 6.94. The fourth-order valence-electron chi connectivity index (χ4n) is 2.04. The van der Waals surface area contributed by atoms with E-state index in [1.807, 2.05) is 30.3 Å². The lowest BCUT2D eigenvalue weighted by Crippen LogP contribution is -2.32. The molecule has 2 atom stereocenters. The maximum Gasteiger partial charge on any atom is 0.313 e. The molecule has 0 unspecified atom stereocenters. The van der Waals surface area contributed by atoms with E-state index >= 15 is 0 Å². The second-order valence-corrected chi connectivity index (χ2v) is 6.09. The molecule has 0 fully saturated rings. The highest BCUT2D eigenvalue weighted by Crippen LogP contribution is 2.25. The summed E-state index contributed by atoms with van der Waals surface area (Å²) in [6.45, 7) is 5.39. The zero-order chi connectivity index (χ0) is 16.0. The first-order chi connectivity index (χ1) is 9.69. The molecule has 0 aliphatic heterocycles. The van der Waals surface area contributed by atoms with E-state index in [1.54, 1.807) is 20.8 Å². The van der Waals surface area contributed by atoms with Crippen molar-refractivity contribution in [2.45, 2.75) is 51.2 Å². The van der Waals surface area contributed by atoms with Crippen molar-refractivity contribution in [1.82, 2.24) is 0 Å². The lowest BCUT2D eigenvalue weighted by molar-refractivity contribution is -0.157. The standard InChI is InChI=1S/C16H23NO4/c1-16(2,3)21-15(20)13(9-12(17)10-14(18)19)11-7-5-4-6-8-11/h4-8,12-13H,9-10,17H2,1-3H3,(H,18,19)/t12-,13-/m0/s1. The molecule has 5 nitrogen and oxygen atoms in total. The van der Waals surface area contributed by atoms with Gasteiger partial charge in [0.15, 0.2) is 0 Å². The Balaban J connectivity index is 2.90. The van der Waals surface area contributed by atoms with Crippen molar-refractivity contribution in [3.05, 3.63) is 35.9 Å². The van der Waals surface area contributed by atoms with Gasteiger partial charge in [-0.25, -0.2) is 0 Å². The highest BCUT2D eigenvalue weighted by molar-refractivity contribution is 5.78. The highest BCUT2D eigenvalue weighted by atomic mass is 16.6. The Kier molecular flexibility index (Phi) is 5.90. The van der Waals surface area contributed by atoms with Crippen LogP contribution in [0.25, 0.3) is 0 Å². The van der Waals surface area contributed by atoms with Crippen LogP contribution in [-0.4, -0.2) is 28.7 Å². The highest BCUT2D eigenvalue weighted by Gasteiger charge is 2.28. The van der Waals surface area contributed by atoms with E-state index in [4.69, 9.17) is 15.6 Å². The van der Waals surface area contributed by atoms with E-state index < -0.39 is 23.5 Å². The number of carbonyl (C=O) groups is 2. The van der Waals surface area contributed by atoms with Crippen molar-refractivity contribution in [3.8, 4) is 0 Å². The van der Waals surface area contributed by atoms with Crippen LogP contribution in [-0.2, 0) is 14.3 Å². The number of carbonyl (C=O) groups excluding carboxylic acids is 1. The first kappa shape index (κ1) is 17.2. The number of ether oxygens (including phenoxy) is 1. The summed E-state index contributed by atoms with van der Waals surface area (Å²) in [4.78, 5) is 23.1. The molecule has 0 aliphatic rings. The largest absolute Gasteiger partial charge is 0.481 e. The van der Waals surface area contributed by atoms with Crippen LogP contribution in [0.3, 0.4) is 0 Å². The SMILES string of the molecule is CC(C)(C)OC(=O)[C@@H](C[C@H](N)CC(=O)O)c1ccccc1. The Labute approximate surface area is 125 Å². The summed E-state index contributed by atoms with van der Waals surface area (Å²) < 4.78 is 5.42. The third-order valence-corrected chi connectivity index (χ3v) is 2.87. The van der Waals surface area contributed by atoms with Gasteiger partial charge in [0.2, 0.25) is 0 Å². The molecule has 3 N–H and O–H groups in total. The number of rotatable bonds is 6. The van der Waals surface area contributed by atoms with Crippen molar-refractivity contribution in [1.29, 1.82) is 0 Å². The Bertz CT molecular complexity index is 479. The molecule has 0 saturated heterocycles. The van der Waals surface area contributed by atoms with E-state index in [-0.39, 0.29) is 18.8 Å². The van der Waals surface area contributed by atoms with Gasteiger partial charge in [0, 0.05) is 6.04 Å². The number of hydrogen-bond acceptors (Lipinski definition) is 4. The maximum atomic E-state index is 12.4. The van der Waals surface area contributed by atoms with E-state index in [1.165, 1.54) is 0 Å². The quantitative estimate of drug-likeness (QED) is 0.785. The average Bonchev–Trinajstić information content (AvgIpc) is 2.34. The van der Waals surface area contributed by atoms with Gasteiger partial charge in [-0.3, -0.25) is 9.59 Å². The number of carboxylic acids is 1. The average molecular weight is 293 g/mol. The molecule has 1 aromatic rings. The molecule has 0 spiro atoms. The van der Waals surface area contributed by atoms with Gasteiger partial charge in [0.1, 0.15) is 5.60 Å². The minimum atomic E-state index is -0.974. The summed E-state index contributed by atoms with van der Waals surface area (Å²) in [6, 6.07) is 8.56. The lowest BCUT2D eigenvalue weighted by Gasteiger charge is -2.25. The zero-order valence-corrected chi connectivity index (χ0v) is 12.7. The van der Waals surface area contributed by atoms with Crippen LogP contribution in [0.1, 0.15) is 45.1 Å². The van der Waals surface area contributed by atoms with Crippen LogP contribution in [0.15, 0.2) is 30.3 Å². The fraction of sp³-hybridized carbons (Fsp3) is 0.500. The van der Waals surface area contributed by atoms with Crippen LogP contribution < -0.4 is 5.73 Å². The molecular formula is C16H23NO4. The number of nitrogens with two attached hydrogens (primary N) is 1.